The maximum atomic E-state index is 11.7. The molecule has 4 atom stereocenters. The van der Waals surface area contributed by atoms with Gasteiger partial charge < -0.3 is 20.1 Å². The number of nitrogens with zero attached hydrogens (tertiary/aromatic N) is 1. The summed E-state index contributed by atoms with van der Waals surface area (Å²) >= 11 is 0. The van der Waals surface area contributed by atoms with Crippen LogP contribution in [0.25, 0.3) is 6.08 Å². The Labute approximate surface area is 107 Å². The van der Waals surface area contributed by atoms with Crippen molar-refractivity contribution in [2.75, 3.05) is 6.61 Å². The van der Waals surface area contributed by atoms with Crippen LogP contribution in [-0.4, -0.2) is 49.8 Å². The number of rotatable bonds is 3. The van der Waals surface area contributed by atoms with Crippen molar-refractivity contribution in [2.24, 2.45) is 0 Å². The van der Waals surface area contributed by atoms with Gasteiger partial charge in [-0.2, -0.15) is 0 Å². The van der Waals surface area contributed by atoms with Crippen LogP contribution in [0.3, 0.4) is 0 Å². The van der Waals surface area contributed by atoms with Gasteiger partial charge in [0.05, 0.1) is 12.2 Å². The van der Waals surface area contributed by atoms with Crippen LogP contribution in [0.2, 0.25) is 0 Å². The minimum atomic E-state index is -1.39. The molecule has 1 unspecified atom stereocenters. The molecule has 1 aromatic rings. The number of hydrogen-bond acceptors (Lipinski definition) is 6. The standard InChI is InChI=1S/C11H14N2O6/c1-2-5-3-13(11(18)12-9(5)17)10-8(16)7(15)6(4-14)19-10/h2-3,6-8,10,14-16H,1,4H2,(H,12,17,18)/t6-,7?,8+,10-/m0/s1. The van der Waals surface area contributed by atoms with E-state index in [2.05, 4.69) is 6.58 Å². The molecule has 1 aliphatic heterocycles. The number of H-pyrrole nitrogens is 1. The Morgan fingerprint density at radius 1 is 1.42 bits per heavy atom. The lowest BCUT2D eigenvalue weighted by atomic mass is 10.1. The smallest absolute Gasteiger partial charge is 0.330 e. The number of hydrogen-bond donors (Lipinski definition) is 4. The molecule has 8 nitrogen and oxygen atoms in total. The van der Waals surface area contributed by atoms with Gasteiger partial charge in [-0.25, -0.2) is 4.79 Å². The summed E-state index contributed by atoms with van der Waals surface area (Å²) in [4.78, 5) is 25.1. The SMILES string of the molecule is C=Cc1cn([C@H]2O[C@@H](CO)C(O)[C@H]2O)c(=O)[nH]c1=O. The van der Waals surface area contributed by atoms with Gasteiger partial charge in [0.15, 0.2) is 6.23 Å². The highest BCUT2D eigenvalue weighted by Gasteiger charge is 2.43. The quantitative estimate of drug-likeness (QED) is 0.493. The molecule has 2 heterocycles. The molecular weight excluding hydrogens is 256 g/mol. The molecule has 1 saturated heterocycles. The summed E-state index contributed by atoms with van der Waals surface area (Å²) < 4.78 is 6.14. The summed E-state index contributed by atoms with van der Waals surface area (Å²) in [7, 11) is 0. The highest BCUT2D eigenvalue weighted by Crippen LogP contribution is 2.27. The van der Waals surface area contributed by atoms with Crippen LogP contribution in [0.1, 0.15) is 11.8 Å². The van der Waals surface area contributed by atoms with Crippen molar-refractivity contribution in [1.29, 1.82) is 0 Å². The lowest BCUT2D eigenvalue weighted by molar-refractivity contribution is -0.0550. The highest BCUT2D eigenvalue weighted by atomic mass is 16.6. The van der Waals surface area contributed by atoms with E-state index in [-0.39, 0.29) is 5.56 Å². The van der Waals surface area contributed by atoms with E-state index in [9.17, 15) is 19.8 Å². The van der Waals surface area contributed by atoms with Crippen molar-refractivity contribution >= 4 is 6.08 Å². The summed E-state index contributed by atoms with van der Waals surface area (Å²) in [5, 5.41) is 28.4. The molecule has 2 rings (SSSR count). The van der Waals surface area contributed by atoms with Crippen molar-refractivity contribution in [1.82, 2.24) is 9.55 Å². The molecule has 0 spiro atoms. The zero-order valence-electron chi connectivity index (χ0n) is 9.89. The van der Waals surface area contributed by atoms with Crippen molar-refractivity contribution < 1.29 is 20.1 Å². The van der Waals surface area contributed by atoms with E-state index < -0.39 is 42.4 Å². The molecule has 8 heteroatoms. The topological polar surface area (TPSA) is 125 Å². The fourth-order valence-corrected chi connectivity index (χ4v) is 1.95. The summed E-state index contributed by atoms with van der Waals surface area (Å²) in [6.07, 6.45) is -2.47. The first kappa shape index (κ1) is 13.7. The second kappa shape index (κ2) is 5.10. The first-order valence-corrected chi connectivity index (χ1v) is 5.60. The fraction of sp³-hybridized carbons (Fsp3) is 0.455. The van der Waals surface area contributed by atoms with Crippen LogP contribution >= 0.6 is 0 Å². The molecule has 1 fully saturated rings. The molecular formula is C11H14N2O6. The van der Waals surface area contributed by atoms with Gasteiger partial charge in [0, 0.05) is 6.20 Å². The minimum absolute atomic E-state index is 0.123. The Bertz CT molecular complexity index is 592. The lowest BCUT2D eigenvalue weighted by Crippen LogP contribution is -2.38. The van der Waals surface area contributed by atoms with E-state index in [0.717, 1.165) is 4.57 Å². The van der Waals surface area contributed by atoms with Gasteiger partial charge in [0.25, 0.3) is 5.56 Å². The Morgan fingerprint density at radius 2 is 2.11 bits per heavy atom. The number of aromatic amines is 1. The predicted octanol–water partition coefficient (Wildman–Crippen LogP) is -2.21. The summed E-state index contributed by atoms with van der Waals surface area (Å²) in [5.41, 5.74) is -1.27. The first-order chi connectivity index (χ1) is 8.99. The fourth-order valence-electron chi connectivity index (χ4n) is 1.95. The Balaban J connectivity index is 2.46. The third kappa shape index (κ3) is 2.26. The second-order valence-corrected chi connectivity index (χ2v) is 4.18. The van der Waals surface area contributed by atoms with E-state index in [1.165, 1.54) is 12.3 Å². The van der Waals surface area contributed by atoms with Crippen molar-refractivity contribution in [3.63, 3.8) is 0 Å². The Hall–Kier alpha value is -1.74. The number of nitrogens with one attached hydrogen (secondary N) is 1. The molecule has 0 bridgehead atoms. The van der Waals surface area contributed by atoms with Crippen LogP contribution < -0.4 is 11.2 Å². The number of aromatic nitrogens is 2. The molecule has 0 amide bonds. The van der Waals surface area contributed by atoms with Crippen molar-refractivity contribution in [3.05, 3.63) is 39.2 Å². The summed E-state index contributed by atoms with van der Waals surface area (Å²) in [5.74, 6) is 0. The molecule has 19 heavy (non-hydrogen) atoms. The maximum Gasteiger partial charge on any atom is 0.330 e. The summed E-state index contributed by atoms with van der Waals surface area (Å²) in [6.45, 7) is 2.93. The molecule has 0 aliphatic carbocycles. The normalized spacial score (nSPS) is 30.5. The van der Waals surface area contributed by atoms with Crippen molar-refractivity contribution in [3.8, 4) is 0 Å². The Morgan fingerprint density at radius 3 is 2.63 bits per heavy atom. The Kier molecular flexibility index (Phi) is 3.67. The third-order valence-corrected chi connectivity index (χ3v) is 3.01. The largest absolute Gasteiger partial charge is 0.394 e. The van der Waals surface area contributed by atoms with Gasteiger partial charge in [-0.3, -0.25) is 14.3 Å². The first-order valence-electron chi connectivity index (χ1n) is 5.60. The van der Waals surface area contributed by atoms with Gasteiger partial charge >= 0.3 is 5.69 Å². The zero-order chi connectivity index (χ0) is 14.2. The van der Waals surface area contributed by atoms with Gasteiger partial charge in [-0.1, -0.05) is 12.7 Å². The average Bonchev–Trinajstić information content (AvgIpc) is 2.67. The van der Waals surface area contributed by atoms with Crippen LogP contribution in [0.15, 0.2) is 22.4 Å². The van der Waals surface area contributed by atoms with Gasteiger partial charge in [-0.05, 0) is 0 Å². The zero-order valence-corrected chi connectivity index (χ0v) is 9.89. The average molecular weight is 270 g/mol. The molecule has 0 saturated carbocycles. The molecule has 0 aromatic carbocycles. The van der Waals surface area contributed by atoms with E-state index in [0.29, 0.717) is 0 Å². The highest BCUT2D eigenvalue weighted by molar-refractivity contribution is 5.43. The second-order valence-electron chi connectivity index (χ2n) is 4.18. The van der Waals surface area contributed by atoms with E-state index in [4.69, 9.17) is 9.84 Å². The predicted molar refractivity (Wildman–Crippen MR) is 64.4 cm³/mol. The minimum Gasteiger partial charge on any atom is -0.394 e. The van der Waals surface area contributed by atoms with Gasteiger partial charge in [0.2, 0.25) is 0 Å². The van der Waals surface area contributed by atoms with Crippen LogP contribution in [0.5, 0.6) is 0 Å². The molecule has 0 radical (unpaired) electrons. The van der Waals surface area contributed by atoms with Crippen LogP contribution in [-0.2, 0) is 4.74 Å². The maximum absolute atomic E-state index is 11.7. The van der Waals surface area contributed by atoms with E-state index in [1.807, 2.05) is 4.98 Å². The lowest BCUT2D eigenvalue weighted by Gasteiger charge is -2.17. The molecule has 1 aromatic heterocycles. The molecule has 104 valence electrons. The third-order valence-electron chi connectivity index (χ3n) is 3.01. The van der Waals surface area contributed by atoms with Gasteiger partial charge in [-0.15, -0.1) is 0 Å². The van der Waals surface area contributed by atoms with E-state index >= 15 is 0 Å². The van der Waals surface area contributed by atoms with Crippen LogP contribution in [0, 0.1) is 0 Å². The van der Waals surface area contributed by atoms with Crippen molar-refractivity contribution in [2.45, 2.75) is 24.5 Å². The molecule has 1 aliphatic rings. The van der Waals surface area contributed by atoms with E-state index in [1.54, 1.807) is 0 Å². The monoisotopic (exact) mass is 270 g/mol. The number of aliphatic hydroxyl groups is 3. The summed E-state index contributed by atoms with van der Waals surface area (Å²) in [6, 6.07) is 0. The van der Waals surface area contributed by atoms with Gasteiger partial charge in [0.1, 0.15) is 18.3 Å². The number of aliphatic hydroxyl groups excluding tert-OH is 3. The van der Waals surface area contributed by atoms with Crippen LogP contribution in [0.4, 0.5) is 0 Å². The number of ether oxygens (including phenoxy) is 1. The molecule has 4 N–H and O–H groups in total.